The molecule has 1 atom stereocenters. The van der Waals surface area contributed by atoms with Gasteiger partial charge in [0.1, 0.15) is 6.10 Å². The van der Waals surface area contributed by atoms with E-state index < -0.39 is 15.9 Å². The van der Waals surface area contributed by atoms with Crippen molar-refractivity contribution in [1.29, 1.82) is 0 Å². The van der Waals surface area contributed by atoms with E-state index in [9.17, 15) is 13.5 Å². The fraction of sp³-hybridized carbons (Fsp3) is 0.231. The van der Waals surface area contributed by atoms with Gasteiger partial charge in [-0.25, -0.2) is 8.42 Å². The smallest absolute Gasteiger partial charge is 0.175 e. The number of sulfone groups is 1. The summed E-state index contributed by atoms with van der Waals surface area (Å²) in [5.41, 5.74) is 0.676. The molecule has 0 fully saturated rings. The monoisotopic (exact) mass is 360 g/mol. The normalized spacial score (nSPS) is 13.5. The zero-order valence-electron chi connectivity index (χ0n) is 10.4. The van der Waals surface area contributed by atoms with Crippen molar-refractivity contribution < 1.29 is 13.5 Å². The molecule has 102 valence electrons. The maximum absolute atomic E-state index is 11.4. The highest BCUT2D eigenvalue weighted by molar-refractivity contribution is 9.10. The highest BCUT2D eigenvalue weighted by Gasteiger charge is 2.17. The summed E-state index contributed by atoms with van der Waals surface area (Å²) in [4.78, 5) is 2.18. The Labute approximate surface area is 125 Å². The predicted octanol–water partition coefficient (Wildman–Crippen LogP) is 3.30. The minimum absolute atomic E-state index is 0.255. The average Bonchev–Trinajstić information content (AvgIpc) is 2.66. The second kappa shape index (κ2) is 5.36. The van der Waals surface area contributed by atoms with Crippen LogP contribution in [-0.4, -0.2) is 19.8 Å². The highest BCUT2D eigenvalue weighted by Crippen LogP contribution is 2.35. The molecule has 2 aromatic rings. The van der Waals surface area contributed by atoms with Crippen molar-refractivity contribution in [3.8, 4) is 0 Å². The number of halogens is 1. The first-order valence-corrected chi connectivity index (χ1v) is 9.03. The molecular formula is C13H13BrO3S2. The number of hydrogen-bond donors (Lipinski definition) is 1. The highest BCUT2D eigenvalue weighted by atomic mass is 79.9. The van der Waals surface area contributed by atoms with E-state index in [1.807, 2.05) is 13.0 Å². The lowest BCUT2D eigenvalue weighted by Gasteiger charge is -2.10. The molecule has 0 saturated heterocycles. The Morgan fingerprint density at radius 2 is 1.84 bits per heavy atom. The number of hydrogen-bond acceptors (Lipinski definition) is 4. The summed E-state index contributed by atoms with van der Waals surface area (Å²) in [7, 11) is -3.20. The van der Waals surface area contributed by atoms with Crippen molar-refractivity contribution in [3.05, 3.63) is 50.1 Å². The summed E-state index contributed by atoms with van der Waals surface area (Å²) in [6, 6.07) is 8.27. The number of aliphatic hydroxyl groups excluding tert-OH is 1. The van der Waals surface area contributed by atoms with Gasteiger partial charge in [-0.1, -0.05) is 12.1 Å². The zero-order valence-corrected chi connectivity index (χ0v) is 13.6. The minimum atomic E-state index is -3.20. The number of aliphatic hydroxyl groups is 1. The first-order valence-electron chi connectivity index (χ1n) is 5.53. The van der Waals surface area contributed by atoms with E-state index in [-0.39, 0.29) is 4.90 Å². The standard InChI is InChI=1S/C13H13BrO3S2/c1-8-7-11(14)13(18-8)12(15)9-3-5-10(6-4-9)19(2,16)17/h3-7,12,15H,1-2H3. The second-order valence-corrected chi connectivity index (χ2v) is 8.47. The Morgan fingerprint density at radius 1 is 1.26 bits per heavy atom. The van der Waals surface area contributed by atoms with Gasteiger partial charge < -0.3 is 5.11 Å². The van der Waals surface area contributed by atoms with Gasteiger partial charge in [0.15, 0.2) is 9.84 Å². The van der Waals surface area contributed by atoms with Crippen molar-refractivity contribution >= 4 is 37.1 Å². The molecule has 19 heavy (non-hydrogen) atoms. The molecule has 0 aliphatic heterocycles. The summed E-state index contributed by atoms with van der Waals surface area (Å²) in [6.45, 7) is 1.97. The maximum Gasteiger partial charge on any atom is 0.175 e. The molecular weight excluding hydrogens is 348 g/mol. The van der Waals surface area contributed by atoms with E-state index in [1.54, 1.807) is 12.1 Å². The van der Waals surface area contributed by atoms with Crippen LogP contribution in [0.2, 0.25) is 0 Å². The van der Waals surface area contributed by atoms with Crippen LogP contribution in [0.3, 0.4) is 0 Å². The molecule has 0 aliphatic rings. The largest absolute Gasteiger partial charge is 0.383 e. The van der Waals surface area contributed by atoms with E-state index in [4.69, 9.17) is 0 Å². The molecule has 1 heterocycles. The SMILES string of the molecule is Cc1cc(Br)c(C(O)c2ccc(S(C)(=O)=O)cc2)s1. The van der Waals surface area contributed by atoms with Crippen LogP contribution in [0.1, 0.15) is 21.4 Å². The molecule has 0 amide bonds. The molecule has 2 rings (SSSR count). The molecule has 1 aromatic carbocycles. The Hall–Kier alpha value is -0.690. The molecule has 1 unspecified atom stereocenters. The fourth-order valence-electron chi connectivity index (χ4n) is 1.74. The molecule has 0 bridgehead atoms. The molecule has 3 nitrogen and oxygen atoms in total. The van der Waals surface area contributed by atoms with Gasteiger partial charge in [0, 0.05) is 15.6 Å². The minimum Gasteiger partial charge on any atom is -0.383 e. The fourth-order valence-corrected chi connectivity index (χ4v) is 4.25. The van der Waals surface area contributed by atoms with Gasteiger partial charge in [0.25, 0.3) is 0 Å². The van der Waals surface area contributed by atoms with Crippen LogP contribution in [0.15, 0.2) is 39.7 Å². The molecule has 0 spiro atoms. The van der Waals surface area contributed by atoms with E-state index in [1.165, 1.54) is 23.5 Å². The number of thiophene rings is 1. The van der Waals surface area contributed by atoms with Crippen molar-refractivity contribution in [1.82, 2.24) is 0 Å². The molecule has 0 radical (unpaired) electrons. The maximum atomic E-state index is 11.4. The first kappa shape index (κ1) is 14.7. The van der Waals surface area contributed by atoms with Crippen LogP contribution in [0.25, 0.3) is 0 Å². The summed E-state index contributed by atoms with van der Waals surface area (Å²) in [6.07, 6.45) is 0.416. The Bertz CT molecular complexity index is 687. The van der Waals surface area contributed by atoms with Gasteiger partial charge in [0.2, 0.25) is 0 Å². The van der Waals surface area contributed by atoms with Crippen LogP contribution in [0.5, 0.6) is 0 Å². The van der Waals surface area contributed by atoms with Crippen LogP contribution >= 0.6 is 27.3 Å². The Balaban J connectivity index is 2.35. The number of benzene rings is 1. The predicted molar refractivity (Wildman–Crippen MR) is 80.4 cm³/mol. The van der Waals surface area contributed by atoms with Gasteiger partial charge in [-0.2, -0.15) is 0 Å². The van der Waals surface area contributed by atoms with E-state index in [0.717, 1.165) is 20.5 Å². The van der Waals surface area contributed by atoms with Crippen LogP contribution in [0.4, 0.5) is 0 Å². The molecule has 0 saturated carbocycles. The van der Waals surface area contributed by atoms with Crippen molar-refractivity contribution in [2.24, 2.45) is 0 Å². The lowest BCUT2D eigenvalue weighted by molar-refractivity contribution is 0.223. The topological polar surface area (TPSA) is 54.4 Å². The third-order valence-corrected chi connectivity index (χ3v) is 5.86. The molecule has 1 aromatic heterocycles. The lowest BCUT2D eigenvalue weighted by atomic mass is 10.1. The second-order valence-electron chi connectivity index (χ2n) is 4.31. The summed E-state index contributed by atoms with van der Waals surface area (Å²) in [5.74, 6) is 0. The van der Waals surface area contributed by atoms with E-state index in [0.29, 0.717) is 5.56 Å². The van der Waals surface area contributed by atoms with Gasteiger partial charge in [-0.05, 0) is 46.6 Å². The van der Waals surface area contributed by atoms with Gasteiger partial charge in [0.05, 0.1) is 9.77 Å². The van der Waals surface area contributed by atoms with Gasteiger partial charge in [-0.3, -0.25) is 0 Å². The first-order chi connectivity index (χ1) is 8.79. The Morgan fingerprint density at radius 3 is 2.26 bits per heavy atom. The van der Waals surface area contributed by atoms with Crippen LogP contribution in [0, 0.1) is 6.92 Å². The number of rotatable bonds is 3. The zero-order chi connectivity index (χ0) is 14.2. The van der Waals surface area contributed by atoms with Crippen molar-refractivity contribution in [3.63, 3.8) is 0 Å². The van der Waals surface area contributed by atoms with Crippen LogP contribution in [-0.2, 0) is 9.84 Å². The summed E-state index contributed by atoms with van der Waals surface area (Å²) in [5, 5.41) is 10.3. The number of aryl methyl sites for hydroxylation is 1. The quantitative estimate of drug-likeness (QED) is 0.913. The van der Waals surface area contributed by atoms with Crippen LogP contribution < -0.4 is 0 Å². The lowest BCUT2D eigenvalue weighted by Crippen LogP contribution is -2.00. The third-order valence-electron chi connectivity index (χ3n) is 2.71. The average molecular weight is 361 g/mol. The van der Waals surface area contributed by atoms with Crippen molar-refractivity contribution in [2.75, 3.05) is 6.26 Å². The van der Waals surface area contributed by atoms with Gasteiger partial charge >= 0.3 is 0 Å². The van der Waals surface area contributed by atoms with Crippen molar-refractivity contribution in [2.45, 2.75) is 17.9 Å². The van der Waals surface area contributed by atoms with Gasteiger partial charge in [-0.15, -0.1) is 11.3 Å². The molecule has 6 heteroatoms. The summed E-state index contributed by atoms with van der Waals surface area (Å²) < 4.78 is 23.6. The molecule has 0 aliphatic carbocycles. The summed E-state index contributed by atoms with van der Waals surface area (Å²) >= 11 is 4.93. The third kappa shape index (κ3) is 3.25. The Kier molecular flexibility index (Phi) is 4.15. The molecule has 1 N–H and O–H groups in total. The van der Waals surface area contributed by atoms with E-state index >= 15 is 0 Å². The van der Waals surface area contributed by atoms with E-state index in [2.05, 4.69) is 15.9 Å².